The lowest BCUT2D eigenvalue weighted by Crippen LogP contribution is -2.52. The quantitative estimate of drug-likeness (QED) is 0.368. The molecule has 1 aliphatic rings. The van der Waals surface area contributed by atoms with Crippen LogP contribution in [0, 0.1) is 5.41 Å². The summed E-state index contributed by atoms with van der Waals surface area (Å²) < 4.78 is 9.71. The van der Waals surface area contributed by atoms with Crippen LogP contribution in [-0.2, 0) is 23.9 Å². The van der Waals surface area contributed by atoms with Gasteiger partial charge in [0.1, 0.15) is 6.61 Å². The first-order chi connectivity index (χ1) is 12.1. The molecule has 0 unspecified atom stereocenters. The minimum Gasteiger partial charge on any atom is -0.434 e. The van der Waals surface area contributed by atoms with Crippen LogP contribution >= 0.6 is 11.8 Å². The van der Waals surface area contributed by atoms with Crippen molar-refractivity contribution in [2.24, 2.45) is 5.41 Å². The van der Waals surface area contributed by atoms with Crippen molar-refractivity contribution >= 4 is 34.8 Å². The zero-order chi connectivity index (χ0) is 19.7. The van der Waals surface area contributed by atoms with Crippen LogP contribution in [0.15, 0.2) is 11.6 Å². The molecule has 0 aromatic heterocycles. The molecule has 26 heavy (non-hydrogen) atoms. The highest BCUT2D eigenvalue weighted by Gasteiger charge is 2.43. The number of rotatable bonds is 8. The fourth-order valence-corrected chi connectivity index (χ4v) is 2.84. The second-order valence-corrected chi connectivity index (χ2v) is 7.90. The number of hydrogen-bond donors (Lipinski definition) is 2. The minimum absolute atomic E-state index is 0.0415. The van der Waals surface area contributed by atoms with Crippen molar-refractivity contribution in [1.29, 1.82) is 0 Å². The molecule has 2 N–H and O–H groups in total. The van der Waals surface area contributed by atoms with Crippen LogP contribution in [-0.4, -0.2) is 54.6 Å². The van der Waals surface area contributed by atoms with Crippen LogP contribution in [0.4, 0.5) is 4.79 Å². The summed E-state index contributed by atoms with van der Waals surface area (Å²) in [4.78, 5) is 46.5. The molecule has 1 fully saturated rings. The summed E-state index contributed by atoms with van der Waals surface area (Å²) in [6.07, 6.45) is -0.186. The highest BCUT2D eigenvalue weighted by atomic mass is 32.2. The standard InChI is InChI=1S/C17H26N2O6S/c1-11(2)9-13(21)26-8-7-18-12(20)5-6-19-15(22)14-17(3,4)10-24-16(23)25-14/h9,14H,5-8,10H2,1-4H3,(H,18,20)(H,19,22)/t14-/m0/s1. The molecule has 0 bridgehead atoms. The summed E-state index contributed by atoms with van der Waals surface area (Å²) in [6.45, 7) is 7.78. The first-order valence-electron chi connectivity index (χ1n) is 8.31. The molecule has 2 amide bonds. The summed E-state index contributed by atoms with van der Waals surface area (Å²) in [5.41, 5.74) is 0.288. The number of carbonyl (C=O) groups is 4. The maximum absolute atomic E-state index is 12.1. The van der Waals surface area contributed by atoms with Gasteiger partial charge in [0.2, 0.25) is 11.0 Å². The topological polar surface area (TPSA) is 111 Å². The fourth-order valence-electron chi connectivity index (χ4n) is 2.12. The lowest BCUT2D eigenvalue weighted by molar-refractivity contribution is -0.149. The van der Waals surface area contributed by atoms with E-state index in [-0.39, 0.29) is 30.6 Å². The predicted molar refractivity (Wildman–Crippen MR) is 97.5 cm³/mol. The van der Waals surface area contributed by atoms with Crippen LogP contribution in [0.3, 0.4) is 0 Å². The molecule has 9 heteroatoms. The highest BCUT2D eigenvalue weighted by molar-refractivity contribution is 8.14. The second kappa shape index (κ2) is 10.2. The SMILES string of the molecule is CC(C)=CC(=O)SCCNC(=O)CCNC(=O)[C@@H]1OC(=O)OCC1(C)C. The Labute approximate surface area is 157 Å². The first-order valence-corrected chi connectivity index (χ1v) is 9.30. The van der Waals surface area contributed by atoms with E-state index in [0.29, 0.717) is 12.3 Å². The number of cyclic esters (lactones) is 2. The van der Waals surface area contributed by atoms with Gasteiger partial charge in [-0.2, -0.15) is 0 Å². The molecule has 0 radical (unpaired) electrons. The van der Waals surface area contributed by atoms with E-state index in [4.69, 9.17) is 9.47 Å². The number of ether oxygens (including phenoxy) is 2. The van der Waals surface area contributed by atoms with Gasteiger partial charge in [-0.05, 0) is 19.9 Å². The molecule has 0 aromatic rings. The second-order valence-electron chi connectivity index (χ2n) is 6.81. The van der Waals surface area contributed by atoms with Gasteiger partial charge in [0.05, 0.1) is 0 Å². The number of thioether (sulfide) groups is 1. The Morgan fingerprint density at radius 2 is 1.92 bits per heavy atom. The number of allylic oxidation sites excluding steroid dienone is 1. The molecule has 0 spiro atoms. The Bertz CT molecular complexity index is 584. The Kier molecular flexibility index (Phi) is 8.64. The fraction of sp³-hybridized carbons (Fsp3) is 0.647. The zero-order valence-electron chi connectivity index (χ0n) is 15.5. The smallest absolute Gasteiger partial charge is 0.434 e. The van der Waals surface area contributed by atoms with Crippen LogP contribution < -0.4 is 10.6 Å². The van der Waals surface area contributed by atoms with E-state index in [1.807, 2.05) is 13.8 Å². The highest BCUT2D eigenvalue weighted by Crippen LogP contribution is 2.28. The summed E-state index contributed by atoms with van der Waals surface area (Å²) in [5.74, 6) is -0.210. The van der Waals surface area contributed by atoms with E-state index in [1.54, 1.807) is 19.9 Å². The van der Waals surface area contributed by atoms with Gasteiger partial charge in [0, 0.05) is 30.7 Å². The van der Waals surface area contributed by atoms with E-state index < -0.39 is 23.6 Å². The minimum atomic E-state index is -0.954. The maximum Gasteiger partial charge on any atom is 0.509 e. The molecule has 146 valence electrons. The maximum atomic E-state index is 12.1. The summed E-state index contributed by atoms with van der Waals surface area (Å²) >= 11 is 1.13. The lowest BCUT2D eigenvalue weighted by Gasteiger charge is -2.35. The van der Waals surface area contributed by atoms with E-state index in [1.165, 1.54) is 0 Å². The third kappa shape index (κ3) is 7.90. The molecule has 1 rings (SSSR count). The van der Waals surface area contributed by atoms with E-state index in [9.17, 15) is 19.2 Å². The van der Waals surface area contributed by atoms with Crippen molar-refractivity contribution < 1.29 is 28.7 Å². The van der Waals surface area contributed by atoms with Crippen LogP contribution in [0.5, 0.6) is 0 Å². The first kappa shape index (κ1) is 22.0. The van der Waals surface area contributed by atoms with Gasteiger partial charge in [-0.15, -0.1) is 0 Å². The molecule has 1 aliphatic heterocycles. The van der Waals surface area contributed by atoms with Crippen molar-refractivity contribution in [2.45, 2.75) is 40.2 Å². The van der Waals surface area contributed by atoms with Gasteiger partial charge in [-0.25, -0.2) is 4.79 Å². The largest absolute Gasteiger partial charge is 0.509 e. The van der Waals surface area contributed by atoms with Gasteiger partial charge in [0.25, 0.3) is 5.91 Å². The normalized spacial score (nSPS) is 18.2. The molecule has 8 nitrogen and oxygen atoms in total. The van der Waals surface area contributed by atoms with Gasteiger partial charge in [-0.3, -0.25) is 14.4 Å². The Hall–Kier alpha value is -2.03. The average Bonchev–Trinajstić information content (AvgIpc) is 2.53. The number of nitrogens with one attached hydrogen (secondary N) is 2. The van der Waals surface area contributed by atoms with E-state index in [2.05, 4.69) is 10.6 Å². The van der Waals surface area contributed by atoms with Crippen LogP contribution in [0.2, 0.25) is 0 Å². The zero-order valence-corrected chi connectivity index (χ0v) is 16.4. The van der Waals surface area contributed by atoms with E-state index >= 15 is 0 Å². The molecular weight excluding hydrogens is 360 g/mol. The molecule has 1 saturated heterocycles. The molecule has 0 saturated carbocycles. The number of hydrogen-bond acceptors (Lipinski definition) is 7. The third-order valence-electron chi connectivity index (χ3n) is 3.45. The molecule has 1 heterocycles. The van der Waals surface area contributed by atoms with Gasteiger partial charge < -0.3 is 20.1 Å². The third-order valence-corrected chi connectivity index (χ3v) is 4.26. The molecular formula is C17H26N2O6S. The van der Waals surface area contributed by atoms with Crippen LogP contribution in [0.1, 0.15) is 34.1 Å². The summed E-state index contributed by atoms with van der Waals surface area (Å²) in [5, 5.41) is 5.23. The van der Waals surface area contributed by atoms with Gasteiger partial charge in [0.15, 0.2) is 6.10 Å². The Morgan fingerprint density at radius 1 is 1.23 bits per heavy atom. The lowest BCUT2D eigenvalue weighted by atomic mass is 9.86. The molecule has 0 aliphatic carbocycles. The number of amides is 2. The van der Waals surface area contributed by atoms with Crippen molar-refractivity contribution in [3.8, 4) is 0 Å². The van der Waals surface area contributed by atoms with Gasteiger partial charge >= 0.3 is 6.16 Å². The van der Waals surface area contributed by atoms with Crippen molar-refractivity contribution in [3.05, 3.63) is 11.6 Å². The monoisotopic (exact) mass is 386 g/mol. The van der Waals surface area contributed by atoms with Gasteiger partial charge in [-0.1, -0.05) is 31.2 Å². The molecule has 0 aromatic carbocycles. The van der Waals surface area contributed by atoms with Crippen molar-refractivity contribution in [2.75, 3.05) is 25.4 Å². The van der Waals surface area contributed by atoms with Crippen LogP contribution in [0.25, 0.3) is 0 Å². The number of carbonyl (C=O) groups excluding carboxylic acids is 4. The van der Waals surface area contributed by atoms with Crippen molar-refractivity contribution in [3.63, 3.8) is 0 Å². The Balaban J connectivity index is 2.23. The molecule has 1 atom stereocenters. The average molecular weight is 386 g/mol. The summed E-state index contributed by atoms with van der Waals surface area (Å²) in [7, 11) is 0. The van der Waals surface area contributed by atoms with E-state index in [0.717, 1.165) is 17.3 Å². The van der Waals surface area contributed by atoms with Crippen molar-refractivity contribution in [1.82, 2.24) is 10.6 Å². The summed E-state index contributed by atoms with van der Waals surface area (Å²) in [6, 6.07) is 0. The predicted octanol–water partition coefficient (Wildman–Crippen LogP) is 1.40. The Morgan fingerprint density at radius 3 is 2.58 bits per heavy atom.